The van der Waals surface area contributed by atoms with Crippen LogP contribution in [0.3, 0.4) is 0 Å². The number of nitrogens with zero attached hydrogens (tertiary/aromatic N) is 2. The number of thioether (sulfide) groups is 1. The van der Waals surface area contributed by atoms with E-state index in [1.165, 1.54) is 28.7 Å². The number of carbonyl (C=O) groups excluding carboxylic acids is 1. The molecule has 3 rings (SSSR count). The van der Waals surface area contributed by atoms with Gasteiger partial charge in [-0.15, -0.1) is 10.2 Å². The molecule has 1 N–H and O–H groups in total. The summed E-state index contributed by atoms with van der Waals surface area (Å²) in [6.45, 7) is 2.49. The topological polar surface area (TPSA) is 68.0 Å². The van der Waals surface area contributed by atoms with Crippen LogP contribution in [0.25, 0.3) is 0 Å². The maximum Gasteiger partial charge on any atom is 0.230 e. The number of nitrogens with one attached hydrogen (secondary N) is 1. The summed E-state index contributed by atoms with van der Waals surface area (Å²) in [5.41, 5.74) is 1.19. The SMILES string of the molecule is Cc1nnc(SCC(=O)NCC[C@@H](c2ccccc2)c2ccco2)s1. The van der Waals surface area contributed by atoms with Crippen LogP contribution in [0, 0.1) is 6.92 Å². The van der Waals surface area contributed by atoms with Gasteiger partial charge in [0.05, 0.1) is 12.0 Å². The highest BCUT2D eigenvalue weighted by molar-refractivity contribution is 8.01. The predicted octanol–water partition coefficient (Wildman–Crippen LogP) is 3.87. The van der Waals surface area contributed by atoms with Crippen molar-refractivity contribution in [1.82, 2.24) is 15.5 Å². The van der Waals surface area contributed by atoms with Gasteiger partial charge in [0.15, 0.2) is 4.34 Å². The molecule has 3 aromatic rings. The summed E-state index contributed by atoms with van der Waals surface area (Å²) in [5.74, 6) is 1.41. The molecule has 25 heavy (non-hydrogen) atoms. The Morgan fingerprint density at radius 1 is 1.24 bits per heavy atom. The maximum absolute atomic E-state index is 12.0. The summed E-state index contributed by atoms with van der Waals surface area (Å²) in [5, 5.41) is 11.8. The van der Waals surface area contributed by atoms with Crippen LogP contribution in [0.2, 0.25) is 0 Å². The molecule has 0 aliphatic heterocycles. The first-order valence-corrected chi connectivity index (χ1v) is 9.80. The lowest BCUT2D eigenvalue weighted by atomic mass is 9.93. The Balaban J connectivity index is 1.50. The fourth-order valence-electron chi connectivity index (χ4n) is 2.52. The van der Waals surface area contributed by atoms with E-state index in [0.29, 0.717) is 12.3 Å². The minimum absolute atomic E-state index is 0.00381. The van der Waals surface area contributed by atoms with Crippen molar-refractivity contribution in [3.63, 3.8) is 0 Å². The van der Waals surface area contributed by atoms with Gasteiger partial charge in [0.1, 0.15) is 10.8 Å². The average Bonchev–Trinajstić information content (AvgIpc) is 3.29. The largest absolute Gasteiger partial charge is 0.469 e. The third-order valence-electron chi connectivity index (χ3n) is 3.68. The predicted molar refractivity (Wildman–Crippen MR) is 100.0 cm³/mol. The molecular formula is C18H19N3O2S2. The molecule has 0 fully saturated rings. The Morgan fingerprint density at radius 2 is 2.08 bits per heavy atom. The van der Waals surface area contributed by atoms with Crippen molar-refractivity contribution in [2.45, 2.75) is 23.6 Å². The second-order valence-corrected chi connectivity index (χ2v) is 7.90. The molecule has 5 nitrogen and oxygen atoms in total. The lowest BCUT2D eigenvalue weighted by Gasteiger charge is -2.15. The summed E-state index contributed by atoms with van der Waals surface area (Å²) in [4.78, 5) is 12.0. The van der Waals surface area contributed by atoms with Crippen LogP contribution in [-0.4, -0.2) is 28.4 Å². The molecule has 2 heterocycles. The monoisotopic (exact) mass is 373 g/mol. The fraction of sp³-hybridized carbons (Fsp3) is 0.278. The van der Waals surface area contributed by atoms with Crippen LogP contribution in [0.5, 0.6) is 0 Å². The average molecular weight is 374 g/mol. The summed E-state index contributed by atoms with van der Waals surface area (Å²) < 4.78 is 6.41. The van der Waals surface area contributed by atoms with Crippen molar-refractivity contribution >= 4 is 29.0 Å². The summed E-state index contributed by atoms with van der Waals surface area (Å²) >= 11 is 2.92. The third-order valence-corrected chi connectivity index (χ3v) is 5.65. The second-order valence-electron chi connectivity index (χ2n) is 5.49. The molecule has 0 unspecified atom stereocenters. The van der Waals surface area contributed by atoms with Crippen molar-refractivity contribution in [2.24, 2.45) is 0 Å². The van der Waals surface area contributed by atoms with Gasteiger partial charge in [0, 0.05) is 12.5 Å². The van der Waals surface area contributed by atoms with Crippen LogP contribution in [0.15, 0.2) is 57.5 Å². The van der Waals surface area contributed by atoms with Gasteiger partial charge in [-0.25, -0.2) is 0 Å². The highest BCUT2D eigenvalue weighted by Crippen LogP contribution is 2.28. The van der Waals surface area contributed by atoms with Gasteiger partial charge < -0.3 is 9.73 Å². The Kier molecular flexibility index (Phi) is 6.25. The molecular weight excluding hydrogens is 354 g/mol. The highest BCUT2D eigenvalue weighted by Gasteiger charge is 2.17. The summed E-state index contributed by atoms with van der Waals surface area (Å²) in [6.07, 6.45) is 2.47. The van der Waals surface area contributed by atoms with Gasteiger partial charge >= 0.3 is 0 Å². The van der Waals surface area contributed by atoms with Crippen LogP contribution >= 0.6 is 23.1 Å². The van der Waals surface area contributed by atoms with Crippen LogP contribution in [0.4, 0.5) is 0 Å². The van der Waals surface area contributed by atoms with E-state index in [4.69, 9.17) is 4.42 Å². The highest BCUT2D eigenvalue weighted by atomic mass is 32.2. The maximum atomic E-state index is 12.0. The molecule has 0 aliphatic rings. The van der Waals surface area contributed by atoms with E-state index in [9.17, 15) is 4.79 Å². The fourth-order valence-corrected chi connectivity index (χ4v) is 4.16. The van der Waals surface area contributed by atoms with Crippen molar-refractivity contribution < 1.29 is 9.21 Å². The quantitative estimate of drug-likeness (QED) is 0.607. The van der Waals surface area contributed by atoms with Crippen molar-refractivity contribution in [1.29, 1.82) is 0 Å². The van der Waals surface area contributed by atoms with Gasteiger partial charge in [0.2, 0.25) is 5.91 Å². The van der Waals surface area contributed by atoms with E-state index in [1.54, 1.807) is 6.26 Å². The van der Waals surface area contributed by atoms with Gasteiger partial charge in [-0.1, -0.05) is 53.4 Å². The van der Waals surface area contributed by atoms with Crippen molar-refractivity contribution in [2.75, 3.05) is 12.3 Å². The number of hydrogen-bond acceptors (Lipinski definition) is 6. The first-order valence-electron chi connectivity index (χ1n) is 8.00. The standard InChI is InChI=1S/C18H19N3O2S2/c1-13-20-21-18(25-13)24-12-17(22)19-10-9-15(16-8-5-11-23-16)14-6-3-2-4-7-14/h2-8,11,15H,9-10,12H2,1H3,(H,19,22)/t15-/m0/s1. The van der Waals surface area contributed by atoms with E-state index in [1.807, 2.05) is 37.3 Å². The molecule has 2 aromatic heterocycles. The van der Waals surface area contributed by atoms with E-state index in [2.05, 4.69) is 27.6 Å². The minimum Gasteiger partial charge on any atom is -0.469 e. The molecule has 1 amide bonds. The molecule has 0 saturated heterocycles. The molecule has 7 heteroatoms. The van der Waals surface area contributed by atoms with E-state index < -0.39 is 0 Å². The van der Waals surface area contributed by atoms with Crippen molar-refractivity contribution in [3.8, 4) is 0 Å². The molecule has 130 valence electrons. The van der Waals surface area contributed by atoms with Gasteiger partial charge in [-0.3, -0.25) is 4.79 Å². The summed E-state index contributed by atoms with van der Waals surface area (Å²) in [6, 6.07) is 14.1. The first kappa shape index (κ1) is 17.7. The molecule has 1 atom stereocenters. The minimum atomic E-state index is 0.00381. The van der Waals surface area contributed by atoms with E-state index in [0.717, 1.165) is 21.5 Å². The van der Waals surface area contributed by atoms with E-state index >= 15 is 0 Å². The van der Waals surface area contributed by atoms with Gasteiger partial charge in [-0.05, 0) is 31.0 Å². The second kappa shape index (κ2) is 8.82. The normalized spacial score (nSPS) is 12.0. The zero-order valence-corrected chi connectivity index (χ0v) is 15.5. The Hall–Kier alpha value is -2.12. The molecule has 0 aliphatic carbocycles. The first-order chi connectivity index (χ1) is 12.2. The van der Waals surface area contributed by atoms with Gasteiger partial charge in [0.25, 0.3) is 0 Å². The van der Waals surface area contributed by atoms with Crippen LogP contribution in [-0.2, 0) is 4.79 Å². The number of aromatic nitrogens is 2. The van der Waals surface area contributed by atoms with Gasteiger partial charge in [-0.2, -0.15) is 0 Å². The molecule has 0 saturated carbocycles. The number of aryl methyl sites for hydroxylation is 1. The molecule has 0 spiro atoms. The zero-order chi connectivity index (χ0) is 17.5. The Bertz CT molecular complexity index is 788. The summed E-state index contributed by atoms with van der Waals surface area (Å²) in [7, 11) is 0. The number of benzene rings is 1. The smallest absolute Gasteiger partial charge is 0.230 e. The molecule has 0 radical (unpaired) electrons. The third kappa shape index (κ3) is 5.17. The Morgan fingerprint density at radius 3 is 2.76 bits per heavy atom. The molecule has 0 bridgehead atoms. The lowest BCUT2D eigenvalue weighted by Crippen LogP contribution is -2.27. The van der Waals surface area contributed by atoms with E-state index in [-0.39, 0.29) is 11.8 Å². The number of hydrogen-bond donors (Lipinski definition) is 1. The molecule has 1 aromatic carbocycles. The lowest BCUT2D eigenvalue weighted by molar-refractivity contribution is -0.118. The van der Waals surface area contributed by atoms with Crippen LogP contribution < -0.4 is 5.32 Å². The Labute approximate surface area is 154 Å². The number of furan rings is 1. The zero-order valence-electron chi connectivity index (χ0n) is 13.8. The van der Waals surface area contributed by atoms with Crippen LogP contribution in [0.1, 0.15) is 28.7 Å². The van der Waals surface area contributed by atoms with Crippen molar-refractivity contribution in [3.05, 3.63) is 65.1 Å². The number of carbonyl (C=O) groups is 1. The number of amides is 1. The number of rotatable bonds is 8.